The van der Waals surface area contributed by atoms with Crippen LogP contribution in [0.15, 0.2) is 67.0 Å². The van der Waals surface area contributed by atoms with Crippen LogP contribution in [0, 0.1) is 0 Å². The maximum absolute atomic E-state index is 5.22. The van der Waals surface area contributed by atoms with Crippen LogP contribution in [-0.4, -0.2) is 21.9 Å². The molecule has 0 saturated heterocycles. The first-order valence-corrected chi connectivity index (χ1v) is 7.43. The lowest BCUT2D eigenvalue weighted by molar-refractivity contribution is 0.415. The predicted molar refractivity (Wildman–Crippen MR) is 89.2 cm³/mol. The number of aromatic nitrogens is 3. The normalized spacial score (nSPS) is 16.2. The van der Waals surface area contributed by atoms with Gasteiger partial charge in [-0.05, 0) is 41.5 Å². The van der Waals surface area contributed by atoms with Gasteiger partial charge in [0.1, 0.15) is 18.1 Å². The molecule has 0 amide bonds. The van der Waals surface area contributed by atoms with E-state index in [9.17, 15) is 0 Å². The summed E-state index contributed by atoms with van der Waals surface area (Å²) < 4.78 is 7.12. The summed E-state index contributed by atoms with van der Waals surface area (Å²) in [5, 5.41) is 7.69. The van der Waals surface area contributed by atoms with Crippen LogP contribution in [0.4, 0.5) is 5.95 Å². The number of hydrogen-bond donors (Lipinski definition) is 1. The van der Waals surface area contributed by atoms with E-state index >= 15 is 0 Å². The Balaban J connectivity index is 1.77. The van der Waals surface area contributed by atoms with E-state index in [1.54, 1.807) is 13.4 Å². The fourth-order valence-electron chi connectivity index (χ4n) is 2.76. The monoisotopic (exact) mass is 304 g/mol. The maximum atomic E-state index is 5.22. The minimum atomic E-state index is 0.0204. The van der Waals surface area contributed by atoms with Crippen molar-refractivity contribution in [2.45, 2.75) is 6.04 Å². The van der Waals surface area contributed by atoms with Crippen LogP contribution in [0.2, 0.25) is 0 Å². The van der Waals surface area contributed by atoms with Gasteiger partial charge in [0.25, 0.3) is 0 Å². The summed E-state index contributed by atoms with van der Waals surface area (Å²) in [6, 6.07) is 18.3. The van der Waals surface area contributed by atoms with E-state index in [2.05, 4.69) is 33.6 Å². The Morgan fingerprint density at radius 3 is 2.57 bits per heavy atom. The number of methoxy groups -OCH3 is 1. The lowest BCUT2D eigenvalue weighted by atomic mass is 10.0. The molecular weight excluding hydrogens is 288 g/mol. The number of anilines is 1. The van der Waals surface area contributed by atoms with Gasteiger partial charge >= 0.3 is 0 Å². The summed E-state index contributed by atoms with van der Waals surface area (Å²) >= 11 is 0. The van der Waals surface area contributed by atoms with Crippen LogP contribution in [-0.2, 0) is 0 Å². The highest BCUT2D eigenvalue weighted by Gasteiger charge is 2.23. The number of hydrogen-bond acceptors (Lipinski definition) is 4. The van der Waals surface area contributed by atoms with Gasteiger partial charge in [-0.25, -0.2) is 4.68 Å². The molecule has 5 nitrogen and oxygen atoms in total. The van der Waals surface area contributed by atoms with Crippen molar-refractivity contribution in [2.24, 2.45) is 0 Å². The van der Waals surface area contributed by atoms with Crippen molar-refractivity contribution in [3.8, 4) is 5.75 Å². The average molecular weight is 304 g/mol. The van der Waals surface area contributed by atoms with Gasteiger partial charge in [0.2, 0.25) is 5.95 Å². The molecule has 0 aliphatic carbocycles. The zero-order valence-electron chi connectivity index (χ0n) is 12.7. The molecule has 0 saturated carbocycles. The number of rotatable bonds is 3. The smallest absolute Gasteiger partial charge is 0.226 e. The molecule has 2 aromatic carbocycles. The molecule has 1 aliphatic heterocycles. The SMILES string of the molecule is COc1ccc(C2=C[C@H](c3ccccc3)n3ncnc3N2)cc1. The molecule has 0 fully saturated rings. The Kier molecular flexibility index (Phi) is 3.31. The lowest BCUT2D eigenvalue weighted by Gasteiger charge is -2.24. The lowest BCUT2D eigenvalue weighted by Crippen LogP contribution is -2.20. The zero-order valence-corrected chi connectivity index (χ0v) is 12.7. The zero-order chi connectivity index (χ0) is 15.6. The third-order valence-electron chi connectivity index (χ3n) is 3.95. The van der Waals surface area contributed by atoms with Crippen LogP contribution in [0.5, 0.6) is 5.75 Å². The minimum absolute atomic E-state index is 0.0204. The number of ether oxygens (including phenoxy) is 1. The predicted octanol–water partition coefficient (Wildman–Crippen LogP) is 3.34. The van der Waals surface area contributed by atoms with E-state index in [1.165, 1.54) is 5.56 Å². The van der Waals surface area contributed by atoms with Gasteiger partial charge < -0.3 is 10.1 Å². The maximum Gasteiger partial charge on any atom is 0.226 e. The van der Waals surface area contributed by atoms with E-state index in [1.807, 2.05) is 47.1 Å². The standard InChI is InChI=1S/C18H16N4O/c1-23-15-9-7-13(8-10-15)16-11-17(14-5-3-2-4-6-14)22-18(21-16)19-12-20-22/h2-12,17H,1H3,(H,19,20,21)/t17-/m1/s1. The van der Waals surface area contributed by atoms with Gasteiger partial charge in [-0.3, -0.25) is 0 Å². The molecule has 1 aliphatic rings. The van der Waals surface area contributed by atoms with E-state index in [4.69, 9.17) is 4.74 Å². The molecule has 4 rings (SSSR count). The first-order valence-electron chi connectivity index (χ1n) is 7.43. The minimum Gasteiger partial charge on any atom is -0.497 e. The molecule has 2 heterocycles. The summed E-state index contributed by atoms with van der Waals surface area (Å²) in [5.74, 6) is 1.58. The largest absolute Gasteiger partial charge is 0.497 e. The van der Waals surface area contributed by atoms with Gasteiger partial charge in [0.05, 0.1) is 7.11 Å². The second kappa shape index (κ2) is 5.61. The third kappa shape index (κ3) is 2.46. The van der Waals surface area contributed by atoms with Crippen LogP contribution < -0.4 is 10.1 Å². The van der Waals surface area contributed by atoms with Crippen molar-refractivity contribution >= 4 is 11.6 Å². The molecule has 0 bridgehead atoms. The number of allylic oxidation sites excluding steroid dienone is 1. The quantitative estimate of drug-likeness (QED) is 0.806. The average Bonchev–Trinajstić information content (AvgIpc) is 3.10. The number of fused-ring (bicyclic) bond motifs is 1. The highest BCUT2D eigenvalue weighted by atomic mass is 16.5. The fourth-order valence-corrected chi connectivity index (χ4v) is 2.76. The molecule has 0 unspecified atom stereocenters. The molecule has 0 radical (unpaired) electrons. The molecule has 23 heavy (non-hydrogen) atoms. The van der Waals surface area contributed by atoms with Crippen molar-refractivity contribution in [1.82, 2.24) is 14.8 Å². The summed E-state index contributed by atoms with van der Waals surface area (Å²) in [5.41, 5.74) is 3.27. The molecular formula is C18H16N4O. The van der Waals surface area contributed by atoms with Crippen LogP contribution in [0.25, 0.3) is 5.70 Å². The molecule has 3 aromatic rings. The fraction of sp³-hybridized carbons (Fsp3) is 0.111. The number of benzene rings is 2. The van der Waals surface area contributed by atoms with Gasteiger partial charge in [0.15, 0.2) is 0 Å². The van der Waals surface area contributed by atoms with Crippen molar-refractivity contribution in [3.05, 3.63) is 78.1 Å². The Morgan fingerprint density at radius 2 is 1.83 bits per heavy atom. The van der Waals surface area contributed by atoms with Crippen molar-refractivity contribution < 1.29 is 4.74 Å². The second-order valence-electron chi connectivity index (χ2n) is 5.32. The van der Waals surface area contributed by atoms with Crippen molar-refractivity contribution in [2.75, 3.05) is 12.4 Å². The van der Waals surface area contributed by atoms with Gasteiger partial charge in [0, 0.05) is 5.70 Å². The molecule has 5 heteroatoms. The van der Waals surface area contributed by atoms with Crippen LogP contribution >= 0.6 is 0 Å². The summed E-state index contributed by atoms with van der Waals surface area (Å²) in [6.07, 6.45) is 3.74. The molecule has 1 atom stereocenters. The van der Waals surface area contributed by atoms with Crippen molar-refractivity contribution in [3.63, 3.8) is 0 Å². The Morgan fingerprint density at radius 1 is 1.04 bits per heavy atom. The Bertz CT molecular complexity index is 837. The molecule has 1 N–H and O–H groups in total. The topological polar surface area (TPSA) is 52.0 Å². The number of nitrogens with zero attached hydrogens (tertiary/aromatic N) is 3. The third-order valence-corrected chi connectivity index (χ3v) is 3.95. The molecule has 1 aromatic heterocycles. The first kappa shape index (κ1) is 13.6. The number of nitrogens with one attached hydrogen (secondary N) is 1. The highest BCUT2D eigenvalue weighted by Crippen LogP contribution is 2.32. The first-order chi connectivity index (χ1) is 11.3. The van der Waals surface area contributed by atoms with Crippen LogP contribution in [0.1, 0.15) is 17.2 Å². The molecule has 0 spiro atoms. The van der Waals surface area contributed by atoms with Gasteiger partial charge in [-0.2, -0.15) is 10.1 Å². The van der Waals surface area contributed by atoms with E-state index < -0.39 is 0 Å². The van der Waals surface area contributed by atoms with Crippen LogP contribution in [0.3, 0.4) is 0 Å². The van der Waals surface area contributed by atoms with E-state index in [0.29, 0.717) is 0 Å². The van der Waals surface area contributed by atoms with Crippen molar-refractivity contribution in [1.29, 1.82) is 0 Å². The van der Waals surface area contributed by atoms with Gasteiger partial charge in [-0.1, -0.05) is 30.3 Å². The second-order valence-corrected chi connectivity index (χ2v) is 5.32. The highest BCUT2D eigenvalue weighted by molar-refractivity contribution is 5.77. The Hall–Kier alpha value is -3.08. The summed E-state index contributed by atoms with van der Waals surface area (Å²) in [7, 11) is 1.67. The summed E-state index contributed by atoms with van der Waals surface area (Å²) in [4.78, 5) is 4.32. The van der Waals surface area contributed by atoms with Gasteiger partial charge in [-0.15, -0.1) is 0 Å². The molecule has 114 valence electrons. The van der Waals surface area contributed by atoms with E-state index in [0.717, 1.165) is 23.0 Å². The Labute approximate surface area is 134 Å². The van der Waals surface area contributed by atoms with E-state index in [-0.39, 0.29) is 6.04 Å². The summed E-state index contributed by atoms with van der Waals surface area (Å²) in [6.45, 7) is 0.